The van der Waals surface area contributed by atoms with Gasteiger partial charge < -0.3 is 9.64 Å². The highest BCUT2D eigenvalue weighted by atomic mass is 32.2. The van der Waals surface area contributed by atoms with Gasteiger partial charge in [0.15, 0.2) is 0 Å². The van der Waals surface area contributed by atoms with Crippen LogP contribution in [0.4, 0.5) is 5.69 Å². The van der Waals surface area contributed by atoms with Crippen LogP contribution in [0.2, 0.25) is 0 Å². The second-order valence-corrected chi connectivity index (χ2v) is 8.73. The molecule has 0 aliphatic carbocycles. The van der Waals surface area contributed by atoms with Gasteiger partial charge in [0.2, 0.25) is 0 Å². The van der Waals surface area contributed by atoms with Crippen molar-refractivity contribution in [1.82, 2.24) is 8.61 Å². The van der Waals surface area contributed by atoms with Gasteiger partial charge in [0.1, 0.15) is 0 Å². The average molecular weight is 398 g/mol. The Labute approximate surface area is 163 Å². The van der Waals surface area contributed by atoms with Crippen LogP contribution >= 0.6 is 0 Å². The van der Waals surface area contributed by atoms with Gasteiger partial charge in [0, 0.05) is 44.5 Å². The molecule has 27 heavy (non-hydrogen) atoms. The van der Waals surface area contributed by atoms with Crippen molar-refractivity contribution in [3.8, 4) is 0 Å². The molecule has 7 nitrogen and oxygen atoms in total. The Morgan fingerprint density at radius 2 is 1.74 bits per heavy atom. The minimum Gasteiger partial charge on any atom is -0.465 e. The van der Waals surface area contributed by atoms with Gasteiger partial charge in [-0.3, -0.25) is 0 Å². The van der Waals surface area contributed by atoms with Gasteiger partial charge in [0.05, 0.1) is 12.7 Å². The summed E-state index contributed by atoms with van der Waals surface area (Å²) in [6, 6.07) is 7.10. The number of piperazine rings is 1. The van der Waals surface area contributed by atoms with Crippen molar-refractivity contribution in [2.75, 3.05) is 44.7 Å². The maximum atomic E-state index is 13.1. The quantitative estimate of drug-likeness (QED) is 0.630. The lowest BCUT2D eigenvalue weighted by atomic mass is 10.1. The van der Waals surface area contributed by atoms with Gasteiger partial charge in [0.25, 0.3) is 10.2 Å². The van der Waals surface area contributed by atoms with Gasteiger partial charge in [-0.2, -0.15) is 17.0 Å². The first-order chi connectivity index (χ1) is 12.8. The highest BCUT2D eigenvalue weighted by molar-refractivity contribution is 7.86. The molecule has 1 aliphatic rings. The first kappa shape index (κ1) is 21.7. The Hall–Kier alpha value is -1.64. The smallest absolute Gasteiger partial charge is 0.337 e. The molecule has 0 amide bonds. The molecule has 0 N–H and O–H groups in total. The first-order valence-corrected chi connectivity index (χ1v) is 10.9. The van der Waals surface area contributed by atoms with E-state index in [9.17, 15) is 13.2 Å². The van der Waals surface area contributed by atoms with E-state index in [4.69, 9.17) is 4.74 Å². The normalized spacial score (nSPS) is 18.7. The van der Waals surface area contributed by atoms with Crippen molar-refractivity contribution < 1.29 is 17.9 Å². The molecule has 1 heterocycles. The lowest BCUT2D eigenvalue weighted by Gasteiger charge is -2.42. The summed E-state index contributed by atoms with van der Waals surface area (Å²) in [4.78, 5) is 13.7. The summed E-state index contributed by atoms with van der Waals surface area (Å²) < 4.78 is 34.1. The van der Waals surface area contributed by atoms with Crippen LogP contribution in [0.3, 0.4) is 0 Å². The van der Waals surface area contributed by atoms with E-state index in [-0.39, 0.29) is 12.0 Å². The zero-order valence-corrected chi connectivity index (χ0v) is 17.5. The average Bonchev–Trinajstić information content (AvgIpc) is 2.67. The topological polar surface area (TPSA) is 70.2 Å². The minimum atomic E-state index is -3.45. The van der Waals surface area contributed by atoms with Crippen molar-refractivity contribution in [2.45, 2.75) is 39.7 Å². The number of anilines is 1. The zero-order valence-electron chi connectivity index (χ0n) is 16.7. The third kappa shape index (κ3) is 5.00. The van der Waals surface area contributed by atoms with Crippen molar-refractivity contribution in [1.29, 1.82) is 0 Å². The fourth-order valence-electron chi connectivity index (χ4n) is 3.43. The van der Waals surface area contributed by atoms with E-state index in [1.54, 1.807) is 20.7 Å². The van der Waals surface area contributed by atoms with E-state index in [1.165, 1.54) is 7.11 Å². The summed E-state index contributed by atoms with van der Waals surface area (Å²) in [6.45, 7) is 8.73. The summed E-state index contributed by atoms with van der Waals surface area (Å²) in [7, 11) is -2.09. The van der Waals surface area contributed by atoms with Crippen LogP contribution in [0.1, 0.15) is 44.0 Å². The molecule has 1 fully saturated rings. The first-order valence-electron chi connectivity index (χ1n) is 9.55. The number of hydrogen-bond acceptors (Lipinski definition) is 5. The number of rotatable bonds is 8. The molecule has 152 valence electrons. The lowest BCUT2D eigenvalue weighted by Crippen LogP contribution is -2.57. The Balaban J connectivity index is 2.09. The van der Waals surface area contributed by atoms with E-state index in [0.717, 1.165) is 18.5 Å². The standard InChI is InChI=1S/C19H31N3O4S/c1-5-11-21(12-6-2)27(24,25)22-14-13-20(15-16(22)3)18-9-7-17(8-10-18)19(23)26-4/h7-10,16H,5-6,11-15H2,1-4H3. The van der Waals surface area contributed by atoms with Gasteiger partial charge in [-0.15, -0.1) is 0 Å². The second kappa shape index (κ2) is 9.52. The lowest BCUT2D eigenvalue weighted by molar-refractivity contribution is 0.0600. The monoisotopic (exact) mass is 397 g/mol. The van der Waals surface area contributed by atoms with E-state index in [0.29, 0.717) is 38.3 Å². The van der Waals surface area contributed by atoms with Gasteiger partial charge in [-0.1, -0.05) is 13.8 Å². The van der Waals surface area contributed by atoms with Crippen LogP contribution in [0.15, 0.2) is 24.3 Å². The summed E-state index contributed by atoms with van der Waals surface area (Å²) in [5.74, 6) is -0.363. The van der Waals surface area contributed by atoms with E-state index in [2.05, 4.69) is 4.90 Å². The van der Waals surface area contributed by atoms with Crippen molar-refractivity contribution in [2.24, 2.45) is 0 Å². The molecule has 1 saturated heterocycles. The molecule has 2 rings (SSSR count). The molecule has 0 saturated carbocycles. The Morgan fingerprint density at radius 1 is 1.15 bits per heavy atom. The Kier molecular flexibility index (Phi) is 7.64. The number of carbonyl (C=O) groups excluding carboxylic acids is 1. The third-order valence-corrected chi connectivity index (χ3v) is 6.94. The van der Waals surface area contributed by atoms with E-state index < -0.39 is 10.2 Å². The molecule has 0 radical (unpaired) electrons. The predicted octanol–water partition coefficient (Wildman–Crippen LogP) is 2.35. The second-order valence-electron chi connectivity index (χ2n) is 6.85. The number of hydrogen-bond donors (Lipinski definition) is 0. The van der Waals surface area contributed by atoms with Crippen LogP contribution in [0.25, 0.3) is 0 Å². The maximum Gasteiger partial charge on any atom is 0.337 e. The largest absolute Gasteiger partial charge is 0.465 e. The SMILES string of the molecule is CCCN(CCC)S(=O)(=O)N1CCN(c2ccc(C(=O)OC)cc2)CC1C. The number of benzene rings is 1. The summed E-state index contributed by atoms with van der Waals surface area (Å²) >= 11 is 0. The van der Waals surface area contributed by atoms with Crippen molar-refractivity contribution in [3.63, 3.8) is 0 Å². The molecule has 0 aromatic heterocycles. The van der Waals surface area contributed by atoms with Crippen LogP contribution in [0, 0.1) is 0 Å². The minimum absolute atomic E-state index is 0.125. The zero-order chi connectivity index (χ0) is 20.0. The van der Waals surface area contributed by atoms with Gasteiger partial charge in [-0.05, 0) is 44.0 Å². The molecular weight excluding hydrogens is 366 g/mol. The highest BCUT2D eigenvalue weighted by Gasteiger charge is 2.36. The number of ether oxygens (including phenoxy) is 1. The van der Waals surface area contributed by atoms with Crippen molar-refractivity contribution >= 4 is 21.9 Å². The molecule has 1 aromatic rings. The third-order valence-electron chi connectivity index (χ3n) is 4.79. The summed E-state index contributed by atoms with van der Waals surface area (Å²) in [5.41, 5.74) is 1.48. The molecule has 0 spiro atoms. The van der Waals surface area contributed by atoms with Crippen molar-refractivity contribution in [3.05, 3.63) is 29.8 Å². The van der Waals surface area contributed by atoms with Gasteiger partial charge >= 0.3 is 5.97 Å². The van der Waals surface area contributed by atoms with E-state index >= 15 is 0 Å². The predicted molar refractivity (Wildman–Crippen MR) is 107 cm³/mol. The molecular formula is C19H31N3O4S. The van der Waals surface area contributed by atoms with Gasteiger partial charge in [-0.25, -0.2) is 4.79 Å². The maximum absolute atomic E-state index is 13.1. The Bertz CT molecular complexity index is 715. The molecule has 1 aromatic carbocycles. The van der Waals surface area contributed by atoms with Crippen LogP contribution in [-0.2, 0) is 14.9 Å². The molecule has 8 heteroatoms. The number of nitrogens with zero attached hydrogens (tertiary/aromatic N) is 3. The van der Waals surface area contributed by atoms with E-state index in [1.807, 2.05) is 32.9 Å². The fraction of sp³-hybridized carbons (Fsp3) is 0.632. The van der Waals surface area contributed by atoms with Crippen LogP contribution in [-0.4, -0.2) is 68.9 Å². The number of esters is 1. The summed E-state index contributed by atoms with van der Waals surface area (Å²) in [6.07, 6.45) is 1.61. The number of carbonyl (C=O) groups is 1. The highest BCUT2D eigenvalue weighted by Crippen LogP contribution is 2.23. The Morgan fingerprint density at radius 3 is 2.22 bits per heavy atom. The van der Waals surface area contributed by atoms with Crippen LogP contribution < -0.4 is 4.90 Å². The fourth-order valence-corrected chi connectivity index (χ4v) is 5.39. The number of methoxy groups -OCH3 is 1. The summed E-state index contributed by atoms with van der Waals surface area (Å²) in [5, 5.41) is 0. The van der Waals surface area contributed by atoms with Crippen LogP contribution in [0.5, 0.6) is 0 Å². The molecule has 1 aliphatic heterocycles. The molecule has 1 unspecified atom stereocenters. The molecule has 1 atom stereocenters. The molecule has 0 bridgehead atoms.